The molecule has 0 bridgehead atoms. The van der Waals surface area contributed by atoms with E-state index >= 15 is 0 Å². The van der Waals surface area contributed by atoms with Crippen molar-refractivity contribution in [3.8, 4) is 17.9 Å². The van der Waals surface area contributed by atoms with Crippen molar-refractivity contribution in [1.82, 2.24) is 9.55 Å². The number of fused-ring (bicyclic) bond motifs is 2. The minimum atomic E-state index is -0.718. The average molecular weight is 437 g/mol. The van der Waals surface area contributed by atoms with Gasteiger partial charge in [0.05, 0.1) is 33.7 Å². The lowest BCUT2D eigenvalue weighted by atomic mass is 9.84. The molecule has 2 aromatic carbocycles. The molecule has 4 N–H and O–H groups in total. The Morgan fingerprint density at radius 2 is 1.81 bits per heavy atom. The van der Waals surface area contributed by atoms with Gasteiger partial charge in [-0.3, -0.25) is 9.36 Å². The second-order valence-electron chi connectivity index (χ2n) is 7.31. The number of allylic oxidation sites excluding steroid dienone is 1. The number of aromatic hydroxyl groups is 1. The zero-order chi connectivity index (χ0) is 22.4. The van der Waals surface area contributed by atoms with Gasteiger partial charge in [0.25, 0.3) is 5.56 Å². The molecule has 32 heavy (non-hydrogen) atoms. The highest BCUT2D eigenvalue weighted by atomic mass is 32.1. The van der Waals surface area contributed by atoms with Gasteiger partial charge in [-0.25, -0.2) is 0 Å². The summed E-state index contributed by atoms with van der Waals surface area (Å²) in [4.78, 5) is 16.4. The maximum absolute atomic E-state index is 13.2. The monoisotopic (exact) mass is 437 g/mol. The van der Waals surface area contributed by atoms with Crippen molar-refractivity contribution < 1.29 is 5.11 Å². The summed E-state index contributed by atoms with van der Waals surface area (Å²) in [5, 5.41) is 30.4. The standard InChI is InChI=1S/C24H15N5O2S/c25-10-17-21(13-5-7-15(30)8-6-13)18(11-26)24-29(22(17)27)23(31)20(32-24)9-14-12-28-19-4-2-1-3-16(14)19/h1-9,12,21,28,30H,27H2/b20-9-. The normalized spacial score (nSPS) is 16.1. The van der Waals surface area contributed by atoms with Gasteiger partial charge >= 0.3 is 0 Å². The molecule has 0 radical (unpaired) electrons. The number of aromatic nitrogens is 2. The van der Waals surface area contributed by atoms with Gasteiger partial charge in [-0.05, 0) is 29.8 Å². The van der Waals surface area contributed by atoms with Crippen molar-refractivity contribution in [3.05, 3.63) is 91.0 Å². The fraction of sp³-hybridized carbons (Fsp3) is 0.0417. The Labute approximate surface area is 185 Å². The van der Waals surface area contributed by atoms with Crippen molar-refractivity contribution in [2.75, 3.05) is 0 Å². The van der Waals surface area contributed by atoms with Gasteiger partial charge < -0.3 is 15.8 Å². The van der Waals surface area contributed by atoms with Crippen molar-refractivity contribution in [2.24, 2.45) is 5.73 Å². The lowest BCUT2D eigenvalue weighted by Gasteiger charge is -2.22. The quantitative estimate of drug-likeness (QED) is 0.442. The number of phenolic OH excluding ortho intramolecular Hbond substituents is 1. The first-order valence-corrected chi connectivity index (χ1v) is 10.5. The van der Waals surface area contributed by atoms with Crippen LogP contribution in [0.3, 0.4) is 0 Å². The number of thiazole rings is 1. The van der Waals surface area contributed by atoms with Crippen LogP contribution in [0.1, 0.15) is 17.0 Å². The minimum Gasteiger partial charge on any atom is -0.508 e. The smallest absolute Gasteiger partial charge is 0.274 e. The number of benzene rings is 2. The van der Waals surface area contributed by atoms with Gasteiger partial charge in [0.1, 0.15) is 16.2 Å². The number of nitriles is 2. The number of aromatic amines is 1. The molecule has 8 heteroatoms. The van der Waals surface area contributed by atoms with Gasteiger partial charge in [0.15, 0.2) is 0 Å². The lowest BCUT2D eigenvalue weighted by Crippen LogP contribution is -2.38. The molecule has 1 atom stereocenters. The van der Waals surface area contributed by atoms with Crippen LogP contribution in [0, 0.1) is 22.7 Å². The third-order valence-electron chi connectivity index (χ3n) is 5.52. The Hall–Kier alpha value is -4.53. The molecule has 1 unspecified atom stereocenters. The van der Waals surface area contributed by atoms with Gasteiger partial charge in [-0.2, -0.15) is 10.5 Å². The van der Waals surface area contributed by atoms with E-state index in [-0.39, 0.29) is 28.3 Å². The summed E-state index contributed by atoms with van der Waals surface area (Å²) in [6.07, 6.45) is 3.59. The number of nitrogens with zero attached hydrogens (tertiary/aromatic N) is 3. The second kappa shape index (κ2) is 7.31. The highest BCUT2D eigenvalue weighted by Crippen LogP contribution is 2.36. The Bertz CT molecular complexity index is 1690. The number of hydrogen-bond acceptors (Lipinski definition) is 6. The van der Waals surface area contributed by atoms with Gasteiger partial charge in [-0.15, -0.1) is 11.3 Å². The first kappa shape index (κ1) is 19.4. The van der Waals surface area contributed by atoms with Gasteiger partial charge in [0, 0.05) is 22.7 Å². The maximum Gasteiger partial charge on any atom is 0.274 e. The van der Waals surface area contributed by atoms with Crippen molar-refractivity contribution >= 4 is 39.7 Å². The summed E-state index contributed by atoms with van der Waals surface area (Å²) < 4.78 is 2.06. The van der Waals surface area contributed by atoms with E-state index < -0.39 is 5.92 Å². The summed E-state index contributed by atoms with van der Waals surface area (Å²) in [6, 6.07) is 18.3. The first-order valence-electron chi connectivity index (χ1n) is 9.66. The van der Waals surface area contributed by atoms with Crippen molar-refractivity contribution in [2.45, 2.75) is 5.92 Å². The molecule has 154 valence electrons. The van der Waals surface area contributed by atoms with E-state index in [9.17, 15) is 20.4 Å². The Balaban J connectivity index is 1.82. The summed E-state index contributed by atoms with van der Waals surface area (Å²) in [7, 11) is 0. The van der Waals surface area contributed by atoms with Crippen molar-refractivity contribution in [1.29, 1.82) is 10.5 Å². The molecule has 4 aromatic rings. The largest absolute Gasteiger partial charge is 0.508 e. The third-order valence-corrected chi connectivity index (χ3v) is 6.63. The predicted octanol–water partition coefficient (Wildman–Crippen LogP) is 2.05. The molecule has 5 rings (SSSR count). The molecular formula is C24H15N5O2S. The maximum atomic E-state index is 13.2. The van der Waals surface area contributed by atoms with Crippen LogP contribution in [0.15, 0.2) is 65.1 Å². The summed E-state index contributed by atoms with van der Waals surface area (Å²) in [6.45, 7) is 0. The van der Waals surface area contributed by atoms with Crippen LogP contribution >= 0.6 is 11.3 Å². The van der Waals surface area contributed by atoms with E-state index in [0.29, 0.717) is 14.8 Å². The van der Waals surface area contributed by atoms with Crippen LogP contribution in [-0.2, 0) is 0 Å². The van der Waals surface area contributed by atoms with E-state index in [1.807, 2.05) is 30.5 Å². The van der Waals surface area contributed by atoms with E-state index in [1.54, 1.807) is 18.2 Å². The van der Waals surface area contributed by atoms with E-state index in [2.05, 4.69) is 17.1 Å². The number of para-hydroxylation sites is 1. The molecule has 0 spiro atoms. The molecule has 7 nitrogen and oxygen atoms in total. The zero-order valence-corrected chi connectivity index (χ0v) is 17.4. The molecule has 0 saturated carbocycles. The Kier molecular flexibility index (Phi) is 4.44. The summed E-state index contributed by atoms with van der Waals surface area (Å²) >= 11 is 1.17. The lowest BCUT2D eigenvalue weighted by molar-refractivity contribution is 0.475. The molecule has 3 heterocycles. The molecular weight excluding hydrogens is 422 g/mol. The second-order valence-corrected chi connectivity index (χ2v) is 8.34. The fourth-order valence-electron chi connectivity index (χ4n) is 4.01. The molecule has 0 aliphatic carbocycles. The average Bonchev–Trinajstić information content (AvgIpc) is 3.36. The number of H-pyrrole nitrogens is 1. The highest BCUT2D eigenvalue weighted by molar-refractivity contribution is 7.07. The number of nitrogens with two attached hydrogens (primary N) is 1. The van der Waals surface area contributed by atoms with Gasteiger partial charge in [-0.1, -0.05) is 30.3 Å². The molecule has 1 aliphatic rings. The Morgan fingerprint density at radius 1 is 1.09 bits per heavy atom. The van der Waals surface area contributed by atoms with Crippen LogP contribution < -0.4 is 20.5 Å². The minimum absolute atomic E-state index is 0.0133. The van der Waals surface area contributed by atoms with Crippen LogP contribution in [0.25, 0.3) is 28.4 Å². The molecule has 0 amide bonds. The number of phenols is 1. The summed E-state index contributed by atoms with van der Waals surface area (Å²) in [5.41, 5.74) is 8.72. The van der Waals surface area contributed by atoms with Crippen LogP contribution in [0.5, 0.6) is 5.75 Å². The summed E-state index contributed by atoms with van der Waals surface area (Å²) in [5.74, 6) is -0.633. The van der Waals surface area contributed by atoms with E-state index in [0.717, 1.165) is 16.5 Å². The molecule has 2 aromatic heterocycles. The number of rotatable bonds is 2. The SMILES string of the molecule is N#CC1=C(N)n2c(s/c(=C\c3c[nH]c4ccccc34)c2=O)=C(C#N)C1c1ccc(O)cc1. The van der Waals surface area contributed by atoms with Crippen molar-refractivity contribution in [3.63, 3.8) is 0 Å². The molecule has 1 aliphatic heterocycles. The molecule has 0 saturated heterocycles. The number of nitrogens with one attached hydrogen (secondary N) is 1. The van der Waals surface area contributed by atoms with Crippen LogP contribution in [-0.4, -0.2) is 14.7 Å². The zero-order valence-electron chi connectivity index (χ0n) is 16.5. The first-order chi connectivity index (χ1) is 15.5. The molecule has 0 fully saturated rings. The van der Waals surface area contributed by atoms with Crippen LogP contribution in [0.4, 0.5) is 0 Å². The number of hydrogen-bond donors (Lipinski definition) is 3. The van der Waals surface area contributed by atoms with Crippen LogP contribution in [0.2, 0.25) is 0 Å². The van der Waals surface area contributed by atoms with Gasteiger partial charge in [0.2, 0.25) is 0 Å². The highest BCUT2D eigenvalue weighted by Gasteiger charge is 2.32. The van der Waals surface area contributed by atoms with E-state index in [4.69, 9.17) is 5.73 Å². The van der Waals surface area contributed by atoms with E-state index in [1.165, 1.54) is 28.0 Å². The topological polar surface area (TPSA) is 132 Å². The Morgan fingerprint density at radius 3 is 2.53 bits per heavy atom. The third kappa shape index (κ3) is 2.83. The predicted molar refractivity (Wildman–Crippen MR) is 123 cm³/mol. The fourth-order valence-corrected chi connectivity index (χ4v) is 5.13.